The molecule has 1 aromatic carbocycles. The van der Waals surface area contributed by atoms with Gasteiger partial charge in [0.15, 0.2) is 0 Å². The number of imidazole rings is 1. The van der Waals surface area contributed by atoms with E-state index in [2.05, 4.69) is 16.5 Å². The smallest absolute Gasteiger partial charge is 0.125 e. The Balaban J connectivity index is 2.12. The highest BCUT2D eigenvalue weighted by Crippen LogP contribution is 2.19. The summed E-state index contributed by atoms with van der Waals surface area (Å²) in [6.07, 6.45) is 6.59. The normalized spacial score (nSPS) is 11.3. The summed E-state index contributed by atoms with van der Waals surface area (Å²) in [6, 6.07) is 4.88. The molecule has 0 amide bonds. The van der Waals surface area contributed by atoms with E-state index < -0.39 is 0 Å². The zero-order chi connectivity index (χ0) is 14.4. The van der Waals surface area contributed by atoms with Crippen LogP contribution >= 0.6 is 0 Å². The molecule has 110 valence electrons. The molecule has 0 unspecified atom stereocenters. The van der Waals surface area contributed by atoms with Gasteiger partial charge in [0.2, 0.25) is 0 Å². The monoisotopic (exact) mass is 277 g/mol. The first kappa shape index (κ1) is 15.0. The topological polar surface area (TPSA) is 43.8 Å². The van der Waals surface area contributed by atoms with Gasteiger partial charge in [-0.15, -0.1) is 0 Å². The SMILES string of the molecule is CCCn1c(CCCCCCN)nc2cc(F)ccc21. The Labute approximate surface area is 120 Å². The maximum absolute atomic E-state index is 13.3. The van der Waals surface area contributed by atoms with Gasteiger partial charge in [-0.25, -0.2) is 9.37 Å². The number of fused-ring (bicyclic) bond motifs is 1. The third-order valence-corrected chi connectivity index (χ3v) is 3.59. The highest BCUT2D eigenvalue weighted by Gasteiger charge is 2.10. The third kappa shape index (κ3) is 3.57. The fraction of sp³-hybridized carbons (Fsp3) is 0.562. The molecular formula is C16H24FN3. The molecule has 0 aliphatic carbocycles. The summed E-state index contributed by atoms with van der Waals surface area (Å²) in [6.45, 7) is 3.87. The molecule has 0 aliphatic rings. The number of aryl methyl sites for hydroxylation is 2. The number of benzene rings is 1. The first-order chi connectivity index (χ1) is 9.76. The maximum atomic E-state index is 13.3. The lowest BCUT2D eigenvalue weighted by molar-refractivity contribution is 0.601. The highest BCUT2D eigenvalue weighted by atomic mass is 19.1. The van der Waals surface area contributed by atoms with E-state index in [4.69, 9.17) is 5.73 Å². The lowest BCUT2D eigenvalue weighted by atomic mass is 10.1. The maximum Gasteiger partial charge on any atom is 0.125 e. The van der Waals surface area contributed by atoms with Gasteiger partial charge in [-0.3, -0.25) is 0 Å². The van der Waals surface area contributed by atoms with Crippen LogP contribution in [0.5, 0.6) is 0 Å². The molecule has 0 radical (unpaired) electrons. The number of nitrogens with two attached hydrogens (primary N) is 1. The van der Waals surface area contributed by atoms with Crippen molar-refractivity contribution in [3.05, 3.63) is 29.8 Å². The molecule has 0 spiro atoms. The van der Waals surface area contributed by atoms with Crippen molar-refractivity contribution in [3.8, 4) is 0 Å². The van der Waals surface area contributed by atoms with E-state index in [0.29, 0.717) is 0 Å². The predicted molar refractivity (Wildman–Crippen MR) is 81.2 cm³/mol. The molecule has 3 nitrogen and oxygen atoms in total. The van der Waals surface area contributed by atoms with Crippen LogP contribution in [-0.4, -0.2) is 16.1 Å². The Bertz CT molecular complexity index is 548. The molecule has 0 fully saturated rings. The van der Waals surface area contributed by atoms with Crippen molar-refractivity contribution in [2.24, 2.45) is 5.73 Å². The second-order valence-corrected chi connectivity index (χ2v) is 5.27. The van der Waals surface area contributed by atoms with E-state index in [1.54, 1.807) is 0 Å². The number of hydrogen-bond donors (Lipinski definition) is 1. The van der Waals surface area contributed by atoms with Crippen molar-refractivity contribution in [3.63, 3.8) is 0 Å². The van der Waals surface area contributed by atoms with Gasteiger partial charge in [-0.1, -0.05) is 19.8 Å². The first-order valence-electron chi connectivity index (χ1n) is 7.61. The molecule has 0 atom stereocenters. The Morgan fingerprint density at radius 3 is 2.75 bits per heavy atom. The Morgan fingerprint density at radius 1 is 1.20 bits per heavy atom. The number of hydrogen-bond acceptors (Lipinski definition) is 2. The lowest BCUT2D eigenvalue weighted by Crippen LogP contribution is -2.04. The summed E-state index contributed by atoms with van der Waals surface area (Å²) in [5, 5.41) is 0. The van der Waals surface area contributed by atoms with Crippen molar-refractivity contribution in [2.45, 2.75) is 52.0 Å². The quantitative estimate of drug-likeness (QED) is 0.748. The molecule has 1 aromatic heterocycles. The molecule has 1 heterocycles. The van der Waals surface area contributed by atoms with Crippen molar-refractivity contribution in [2.75, 3.05) is 6.54 Å². The first-order valence-corrected chi connectivity index (χ1v) is 7.61. The predicted octanol–water partition coefficient (Wildman–Crippen LogP) is 3.65. The van der Waals surface area contributed by atoms with E-state index in [1.165, 1.54) is 25.0 Å². The summed E-state index contributed by atoms with van der Waals surface area (Å²) in [5.74, 6) is 0.869. The molecule has 0 bridgehead atoms. The summed E-state index contributed by atoms with van der Waals surface area (Å²) >= 11 is 0. The van der Waals surface area contributed by atoms with Gasteiger partial charge in [0.1, 0.15) is 11.6 Å². The minimum absolute atomic E-state index is 0.215. The van der Waals surface area contributed by atoms with Crippen molar-refractivity contribution in [1.29, 1.82) is 0 Å². The van der Waals surface area contributed by atoms with Gasteiger partial charge in [0.05, 0.1) is 11.0 Å². The highest BCUT2D eigenvalue weighted by molar-refractivity contribution is 5.76. The standard InChI is InChI=1S/C16H24FN3/c1-2-11-20-15-9-8-13(17)12-14(15)19-16(20)7-5-3-4-6-10-18/h8-9,12H,2-7,10-11,18H2,1H3. The number of aromatic nitrogens is 2. The van der Waals surface area contributed by atoms with Crippen LogP contribution in [0.1, 0.15) is 44.9 Å². The van der Waals surface area contributed by atoms with E-state index in [9.17, 15) is 4.39 Å². The number of unbranched alkanes of at least 4 members (excludes halogenated alkanes) is 3. The molecular weight excluding hydrogens is 253 g/mol. The van der Waals surface area contributed by atoms with Crippen LogP contribution in [0.25, 0.3) is 11.0 Å². The molecule has 2 aromatic rings. The number of halogens is 1. The van der Waals surface area contributed by atoms with Crippen LogP contribution in [0.4, 0.5) is 4.39 Å². The minimum atomic E-state index is -0.215. The van der Waals surface area contributed by atoms with E-state index in [1.807, 2.05) is 6.07 Å². The fourth-order valence-corrected chi connectivity index (χ4v) is 2.60. The van der Waals surface area contributed by atoms with Crippen LogP contribution in [0.3, 0.4) is 0 Å². The van der Waals surface area contributed by atoms with Gasteiger partial charge < -0.3 is 10.3 Å². The molecule has 2 rings (SSSR count). The van der Waals surface area contributed by atoms with Crippen molar-refractivity contribution < 1.29 is 4.39 Å². The van der Waals surface area contributed by atoms with Crippen LogP contribution in [0.2, 0.25) is 0 Å². The van der Waals surface area contributed by atoms with Crippen molar-refractivity contribution in [1.82, 2.24) is 9.55 Å². The second kappa shape index (κ2) is 7.39. The summed E-state index contributed by atoms with van der Waals surface area (Å²) in [7, 11) is 0. The molecule has 0 saturated heterocycles. The summed E-state index contributed by atoms with van der Waals surface area (Å²) < 4.78 is 15.5. The van der Waals surface area contributed by atoms with Gasteiger partial charge in [-0.05, 0) is 37.9 Å². The molecule has 20 heavy (non-hydrogen) atoms. The average molecular weight is 277 g/mol. The fourth-order valence-electron chi connectivity index (χ4n) is 2.60. The Kier molecular flexibility index (Phi) is 5.53. The zero-order valence-electron chi connectivity index (χ0n) is 12.2. The molecule has 0 aliphatic heterocycles. The molecule has 0 saturated carbocycles. The Hall–Kier alpha value is -1.42. The van der Waals surface area contributed by atoms with Gasteiger partial charge in [-0.2, -0.15) is 0 Å². The second-order valence-electron chi connectivity index (χ2n) is 5.27. The average Bonchev–Trinajstić information content (AvgIpc) is 2.76. The molecule has 2 N–H and O–H groups in total. The van der Waals surface area contributed by atoms with E-state index in [0.717, 1.165) is 55.6 Å². The third-order valence-electron chi connectivity index (χ3n) is 3.59. The summed E-state index contributed by atoms with van der Waals surface area (Å²) in [5.41, 5.74) is 7.32. The number of rotatable bonds is 8. The van der Waals surface area contributed by atoms with Gasteiger partial charge in [0, 0.05) is 19.0 Å². The van der Waals surface area contributed by atoms with Crippen LogP contribution < -0.4 is 5.73 Å². The van der Waals surface area contributed by atoms with Crippen molar-refractivity contribution >= 4 is 11.0 Å². The van der Waals surface area contributed by atoms with E-state index in [-0.39, 0.29) is 5.82 Å². The van der Waals surface area contributed by atoms with Crippen LogP contribution in [0, 0.1) is 5.82 Å². The van der Waals surface area contributed by atoms with Crippen LogP contribution in [0.15, 0.2) is 18.2 Å². The van der Waals surface area contributed by atoms with Gasteiger partial charge in [0.25, 0.3) is 0 Å². The minimum Gasteiger partial charge on any atom is -0.330 e. The molecule has 4 heteroatoms. The van der Waals surface area contributed by atoms with E-state index >= 15 is 0 Å². The largest absolute Gasteiger partial charge is 0.330 e. The number of nitrogens with zero attached hydrogens (tertiary/aromatic N) is 2. The Morgan fingerprint density at radius 2 is 2.00 bits per heavy atom. The van der Waals surface area contributed by atoms with Crippen LogP contribution in [-0.2, 0) is 13.0 Å². The lowest BCUT2D eigenvalue weighted by Gasteiger charge is -2.07. The summed E-state index contributed by atoms with van der Waals surface area (Å²) in [4.78, 5) is 4.61. The van der Waals surface area contributed by atoms with Gasteiger partial charge >= 0.3 is 0 Å². The zero-order valence-corrected chi connectivity index (χ0v) is 12.2.